The largest absolute Gasteiger partial charge is 0.435 e. The molecule has 2 aliphatic rings. The van der Waals surface area contributed by atoms with Crippen LogP contribution in [0.5, 0.6) is 0 Å². The van der Waals surface area contributed by atoms with E-state index in [2.05, 4.69) is 5.10 Å². The molecule has 124 valence electrons. The zero-order valence-electron chi connectivity index (χ0n) is 11.4. The Hall–Kier alpha value is -1.25. The third-order valence-electron chi connectivity index (χ3n) is 4.34. The summed E-state index contributed by atoms with van der Waals surface area (Å²) in [5.41, 5.74) is -2.32. The summed E-state index contributed by atoms with van der Waals surface area (Å²) in [6.45, 7) is 0.0527. The highest BCUT2D eigenvalue weighted by Crippen LogP contribution is 2.47. The summed E-state index contributed by atoms with van der Waals surface area (Å²) in [5, 5.41) is 13.0. The molecule has 0 saturated heterocycles. The van der Waals surface area contributed by atoms with Crippen LogP contribution < -0.4 is 0 Å². The molecule has 1 atom stereocenters. The molecule has 0 unspecified atom stereocenters. The average Bonchev–Trinajstić information content (AvgIpc) is 2.71. The van der Waals surface area contributed by atoms with Gasteiger partial charge < -0.3 is 5.11 Å². The van der Waals surface area contributed by atoms with E-state index in [-0.39, 0.29) is 37.4 Å². The lowest BCUT2D eigenvalue weighted by Gasteiger charge is -2.31. The van der Waals surface area contributed by atoms with E-state index in [9.17, 15) is 31.4 Å². The summed E-state index contributed by atoms with van der Waals surface area (Å²) in [7, 11) is 0. The highest BCUT2D eigenvalue weighted by Gasteiger charge is 2.51. The van der Waals surface area contributed by atoms with E-state index in [0.717, 1.165) is 4.68 Å². The van der Waals surface area contributed by atoms with Crippen LogP contribution >= 0.6 is 0 Å². The van der Waals surface area contributed by atoms with Crippen molar-refractivity contribution in [3.8, 4) is 0 Å². The van der Waals surface area contributed by atoms with Crippen molar-refractivity contribution in [1.82, 2.24) is 9.78 Å². The lowest BCUT2D eigenvalue weighted by atomic mass is 9.83. The molecule has 22 heavy (non-hydrogen) atoms. The first-order valence-corrected chi connectivity index (χ1v) is 6.96. The SMILES string of the molecule is O[C@H]1c2c(C(F)(F)F)nn(CC3CC(F)C3)c2CCC1(F)F. The minimum atomic E-state index is -4.92. The van der Waals surface area contributed by atoms with E-state index in [4.69, 9.17) is 0 Å². The van der Waals surface area contributed by atoms with Crippen molar-refractivity contribution < 1.29 is 31.4 Å². The number of aromatic nitrogens is 2. The number of fused-ring (bicyclic) bond motifs is 1. The van der Waals surface area contributed by atoms with Gasteiger partial charge in [-0.2, -0.15) is 18.3 Å². The smallest absolute Gasteiger partial charge is 0.382 e. The predicted octanol–water partition coefficient (Wildman–Crippen LogP) is 3.26. The Bertz CT molecular complexity index is 576. The molecule has 0 spiro atoms. The lowest BCUT2D eigenvalue weighted by Crippen LogP contribution is -2.34. The third-order valence-corrected chi connectivity index (χ3v) is 4.34. The van der Waals surface area contributed by atoms with Gasteiger partial charge in [-0.25, -0.2) is 13.2 Å². The van der Waals surface area contributed by atoms with Crippen molar-refractivity contribution in [3.63, 3.8) is 0 Å². The van der Waals surface area contributed by atoms with Gasteiger partial charge in [0.05, 0.1) is 0 Å². The number of aliphatic hydroxyl groups is 1. The van der Waals surface area contributed by atoms with E-state index in [1.54, 1.807) is 0 Å². The van der Waals surface area contributed by atoms with Crippen LogP contribution in [-0.2, 0) is 19.1 Å². The summed E-state index contributed by atoms with van der Waals surface area (Å²) >= 11 is 0. The molecule has 1 N–H and O–H groups in total. The van der Waals surface area contributed by atoms with Crippen molar-refractivity contribution in [1.29, 1.82) is 0 Å². The molecule has 1 fully saturated rings. The van der Waals surface area contributed by atoms with Gasteiger partial charge in [0.1, 0.15) is 12.3 Å². The molecule has 0 bridgehead atoms. The summed E-state index contributed by atoms with van der Waals surface area (Å²) < 4.78 is 80.0. The minimum absolute atomic E-state index is 0.0203. The van der Waals surface area contributed by atoms with Gasteiger partial charge in [-0.15, -0.1) is 0 Å². The highest BCUT2D eigenvalue weighted by molar-refractivity contribution is 5.35. The summed E-state index contributed by atoms with van der Waals surface area (Å²) in [6, 6.07) is 0. The Morgan fingerprint density at radius 3 is 2.45 bits per heavy atom. The topological polar surface area (TPSA) is 38.1 Å². The summed E-state index contributed by atoms with van der Waals surface area (Å²) in [6.07, 6.45) is -8.98. The van der Waals surface area contributed by atoms with Gasteiger partial charge in [0, 0.05) is 24.2 Å². The fraction of sp³-hybridized carbons (Fsp3) is 0.769. The molecule has 1 heterocycles. The van der Waals surface area contributed by atoms with E-state index < -0.39 is 42.1 Å². The Labute approximate surface area is 121 Å². The number of aliphatic hydroxyl groups excluding tert-OH is 1. The first-order chi connectivity index (χ1) is 10.1. The van der Waals surface area contributed by atoms with Crippen molar-refractivity contribution in [2.45, 2.75) is 56.6 Å². The third kappa shape index (κ3) is 2.49. The second-order valence-corrected chi connectivity index (χ2v) is 5.99. The monoisotopic (exact) mass is 328 g/mol. The number of halogens is 6. The summed E-state index contributed by atoms with van der Waals surface area (Å²) in [5.74, 6) is -3.76. The molecule has 0 aromatic carbocycles. The van der Waals surface area contributed by atoms with Gasteiger partial charge in [-0.3, -0.25) is 4.68 Å². The van der Waals surface area contributed by atoms with Crippen molar-refractivity contribution in [2.24, 2.45) is 5.92 Å². The van der Waals surface area contributed by atoms with Gasteiger partial charge in [0.25, 0.3) is 5.92 Å². The van der Waals surface area contributed by atoms with Crippen molar-refractivity contribution in [2.75, 3.05) is 0 Å². The van der Waals surface area contributed by atoms with Gasteiger partial charge in [0.15, 0.2) is 5.69 Å². The first kappa shape index (κ1) is 15.6. The molecule has 1 aromatic heterocycles. The molecule has 9 heteroatoms. The quantitative estimate of drug-likeness (QED) is 0.846. The Morgan fingerprint density at radius 1 is 1.27 bits per heavy atom. The average molecular weight is 328 g/mol. The molecular formula is C13H14F6N2O. The first-order valence-electron chi connectivity index (χ1n) is 6.96. The van der Waals surface area contributed by atoms with Crippen LogP contribution in [0.3, 0.4) is 0 Å². The number of rotatable bonds is 2. The lowest BCUT2D eigenvalue weighted by molar-refractivity contribution is -0.150. The van der Waals surface area contributed by atoms with Crippen LogP contribution in [0.15, 0.2) is 0 Å². The Kier molecular flexibility index (Phi) is 3.46. The van der Waals surface area contributed by atoms with Crippen LogP contribution in [-0.4, -0.2) is 27.0 Å². The van der Waals surface area contributed by atoms with Crippen LogP contribution in [0.4, 0.5) is 26.3 Å². The van der Waals surface area contributed by atoms with Gasteiger partial charge >= 0.3 is 6.18 Å². The molecular weight excluding hydrogens is 314 g/mol. The molecule has 2 aliphatic carbocycles. The normalized spacial score (nSPS) is 30.8. The van der Waals surface area contributed by atoms with Gasteiger partial charge in [-0.1, -0.05) is 0 Å². The number of alkyl halides is 6. The molecule has 0 aliphatic heterocycles. The van der Waals surface area contributed by atoms with E-state index in [1.807, 2.05) is 0 Å². The second-order valence-electron chi connectivity index (χ2n) is 5.99. The summed E-state index contributed by atoms with van der Waals surface area (Å²) in [4.78, 5) is 0. The maximum Gasteiger partial charge on any atom is 0.435 e. The number of nitrogens with zero attached hydrogens (tertiary/aromatic N) is 2. The van der Waals surface area contributed by atoms with E-state index in [0.29, 0.717) is 0 Å². The second kappa shape index (κ2) is 4.87. The number of hydrogen-bond acceptors (Lipinski definition) is 2. The molecule has 1 aromatic rings. The molecule has 3 nitrogen and oxygen atoms in total. The molecule has 0 radical (unpaired) electrons. The predicted molar refractivity (Wildman–Crippen MR) is 63.1 cm³/mol. The zero-order chi connectivity index (χ0) is 16.3. The van der Waals surface area contributed by atoms with Gasteiger partial charge in [-0.05, 0) is 25.2 Å². The van der Waals surface area contributed by atoms with Crippen LogP contribution in [0.25, 0.3) is 0 Å². The number of hydrogen-bond donors (Lipinski definition) is 1. The van der Waals surface area contributed by atoms with E-state index in [1.165, 1.54) is 0 Å². The van der Waals surface area contributed by atoms with Crippen LogP contribution in [0, 0.1) is 5.92 Å². The maximum atomic E-state index is 13.5. The Balaban J connectivity index is 1.99. The highest BCUT2D eigenvalue weighted by atomic mass is 19.4. The maximum absolute atomic E-state index is 13.5. The Morgan fingerprint density at radius 2 is 1.91 bits per heavy atom. The fourth-order valence-corrected chi connectivity index (χ4v) is 3.10. The van der Waals surface area contributed by atoms with Crippen LogP contribution in [0.2, 0.25) is 0 Å². The van der Waals surface area contributed by atoms with Crippen molar-refractivity contribution in [3.05, 3.63) is 17.0 Å². The minimum Gasteiger partial charge on any atom is -0.382 e. The fourth-order valence-electron chi connectivity index (χ4n) is 3.10. The zero-order valence-corrected chi connectivity index (χ0v) is 11.4. The standard InChI is InChI=1S/C13H14F6N2O/c14-7-3-6(4-7)5-21-8-1-2-12(15,16)11(22)9(8)10(20-21)13(17,18)19/h6-7,11,22H,1-5H2/t6?,7?,11-/m0/s1. The molecule has 1 saturated carbocycles. The molecule has 3 rings (SSSR count). The van der Waals surface area contributed by atoms with Gasteiger partial charge in [0.2, 0.25) is 0 Å². The van der Waals surface area contributed by atoms with Crippen LogP contribution in [0.1, 0.15) is 42.3 Å². The molecule has 0 amide bonds. The van der Waals surface area contributed by atoms with E-state index >= 15 is 0 Å². The van der Waals surface area contributed by atoms with Crippen molar-refractivity contribution >= 4 is 0 Å².